The number of aromatic nitrogens is 1. The second-order valence-electron chi connectivity index (χ2n) is 6.15. The van der Waals surface area contributed by atoms with Crippen LogP contribution in [-0.4, -0.2) is 23.3 Å². The number of thiophene rings is 1. The van der Waals surface area contributed by atoms with Crippen LogP contribution in [0.15, 0.2) is 36.4 Å². The molecule has 3 aromatic rings. The molecule has 6 nitrogen and oxygen atoms in total. The summed E-state index contributed by atoms with van der Waals surface area (Å²) in [6.07, 6.45) is 2.29. The van der Waals surface area contributed by atoms with Crippen molar-refractivity contribution < 1.29 is 9.59 Å². The molecule has 3 heterocycles. The van der Waals surface area contributed by atoms with Crippen LogP contribution >= 0.6 is 11.3 Å². The Morgan fingerprint density at radius 3 is 2.84 bits per heavy atom. The van der Waals surface area contributed by atoms with Gasteiger partial charge < -0.3 is 21.4 Å². The fraction of sp³-hybridized carbons (Fsp3) is 0.222. The van der Waals surface area contributed by atoms with Crippen LogP contribution in [0.5, 0.6) is 0 Å². The van der Waals surface area contributed by atoms with Crippen LogP contribution in [0.4, 0.5) is 5.69 Å². The van der Waals surface area contributed by atoms with Crippen LogP contribution in [0.3, 0.4) is 0 Å². The van der Waals surface area contributed by atoms with Crippen molar-refractivity contribution in [3.63, 3.8) is 0 Å². The largest absolute Gasteiger partial charge is 0.364 e. The maximum atomic E-state index is 12.5. The van der Waals surface area contributed by atoms with Gasteiger partial charge in [-0.2, -0.15) is 0 Å². The molecule has 1 saturated heterocycles. The maximum absolute atomic E-state index is 12.5. The van der Waals surface area contributed by atoms with E-state index in [0.717, 1.165) is 23.9 Å². The van der Waals surface area contributed by atoms with E-state index in [1.807, 2.05) is 24.3 Å². The highest BCUT2D eigenvalue weighted by Crippen LogP contribution is 2.30. The summed E-state index contributed by atoms with van der Waals surface area (Å²) in [6, 6.07) is 11.4. The molecule has 2 amide bonds. The van der Waals surface area contributed by atoms with E-state index in [2.05, 4.69) is 15.6 Å². The molecule has 25 heavy (non-hydrogen) atoms. The monoisotopic (exact) mass is 354 g/mol. The zero-order valence-electron chi connectivity index (χ0n) is 13.5. The van der Waals surface area contributed by atoms with Crippen LogP contribution in [-0.2, 0) is 0 Å². The molecule has 1 aliphatic rings. The molecule has 1 fully saturated rings. The van der Waals surface area contributed by atoms with Gasteiger partial charge in [-0.05, 0) is 55.8 Å². The number of rotatable bonds is 4. The maximum Gasteiger partial charge on any atom is 0.265 e. The van der Waals surface area contributed by atoms with Gasteiger partial charge in [-0.25, -0.2) is 0 Å². The van der Waals surface area contributed by atoms with Crippen LogP contribution in [0.2, 0.25) is 0 Å². The number of anilines is 1. The number of amides is 2. The van der Waals surface area contributed by atoms with Crippen LogP contribution < -0.4 is 16.4 Å². The fourth-order valence-corrected chi connectivity index (χ4v) is 4.14. The lowest BCUT2D eigenvalue weighted by Crippen LogP contribution is -2.11. The number of carbonyl (C=O) groups is 2. The average Bonchev–Trinajstić information content (AvgIpc) is 3.33. The lowest BCUT2D eigenvalue weighted by atomic mass is 10.2. The number of hydrogen-bond donors (Lipinski definition) is 4. The highest BCUT2D eigenvalue weighted by Gasteiger charge is 2.19. The summed E-state index contributed by atoms with van der Waals surface area (Å²) in [6.45, 7) is 1.04. The van der Waals surface area contributed by atoms with Gasteiger partial charge in [0.05, 0.1) is 4.88 Å². The third kappa shape index (κ3) is 3.16. The highest BCUT2D eigenvalue weighted by atomic mass is 32.1. The topological polar surface area (TPSA) is 100 Å². The predicted molar refractivity (Wildman–Crippen MR) is 99.1 cm³/mol. The Balaban J connectivity index is 1.52. The number of benzene rings is 1. The molecule has 0 aliphatic carbocycles. The first kappa shape index (κ1) is 15.9. The molecule has 5 N–H and O–H groups in total. The van der Waals surface area contributed by atoms with E-state index in [9.17, 15) is 9.59 Å². The number of H-pyrrole nitrogens is 1. The molecular formula is C18H18N4O2S. The second kappa shape index (κ2) is 6.34. The Morgan fingerprint density at radius 1 is 1.20 bits per heavy atom. The SMILES string of the molecule is NC(=O)c1cc2cc(NC(=O)c3ccc(C4CCCN4)s3)ccc2[nH]1. The van der Waals surface area contributed by atoms with E-state index in [4.69, 9.17) is 5.73 Å². The van der Waals surface area contributed by atoms with Crippen LogP contribution in [0.1, 0.15) is 43.9 Å². The summed E-state index contributed by atoms with van der Waals surface area (Å²) in [4.78, 5) is 28.6. The molecule has 0 saturated carbocycles. The molecule has 2 aromatic heterocycles. The molecule has 1 unspecified atom stereocenters. The van der Waals surface area contributed by atoms with Crippen LogP contribution in [0.25, 0.3) is 10.9 Å². The third-order valence-corrected chi connectivity index (χ3v) is 5.60. The summed E-state index contributed by atoms with van der Waals surface area (Å²) < 4.78 is 0. The normalized spacial score (nSPS) is 17.0. The third-order valence-electron chi connectivity index (χ3n) is 4.40. The summed E-state index contributed by atoms with van der Waals surface area (Å²) in [7, 11) is 0. The zero-order chi connectivity index (χ0) is 17.4. The predicted octanol–water partition coefficient (Wildman–Crippen LogP) is 3.01. The minimum Gasteiger partial charge on any atom is -0.364 e. The molecule has 1 aliphatic heterocycles. The number of fused-ring (bicyclic) bond motifs is 1. The average molecular weight is 354 g/mol. The quantitative estimate of drug-likeness (QED) is 0.579. The van der Waals surface area contributed by atoms with Crippen molar-refractivity contribution in [2.75, 3.05) is 11.9 Å². The van der Waals surface area contributed by atoms with Crippen molar-refractivity contribution in [1.29, 1.82) is 0 Å². The molecule has 1 atom stereocenters. The smallest absolute Gasteiger partial charge is 0.265 e. The Morgan fingerprint density at radius 2 is 2.08 bits per heavy atom. The van der Waals surface area contributed by atoms with Crippen molar-refractivity contribution in [1.82, 2.24) is 10.3 Å². The summed E-state index contributed by atoms with van der Waals surface area (Å²) in [5.74, 6) is -0.632. The summed E-state index contributed by atoms with van der Waals surface area (Å²) in [5.41, 5.74) is 7.12. The lowest BCUT2D eigenvalue weighted by molar-refractivity contribution is 0.0994. The number of aromatic amines is 1. The van der Waals surface area contributed by atoms with Gasteiger partial charge in [-0.1, -0.05) is 0 Å². The van der Waals surface area contributed by atoms with Gasteiger partial charge in [-0.3, -0.25) is 9.59 Å². The van der Waals surface area contributed by atoms with E-state index in [-0.39, 0.29) is 5.91 Å². The molecule has 4 rings (SSSR count). The van der Waals surface area contributed by atoms with E-state index in [1.54, 1.807) is 12.1 Å². The van der Waals surface area contributed by atoms with Gasteiger partial charge in [0.25, 0.3) is 11.8 Å². The molecule has 0 bridgehead atoms. The van der Waals surface area contributed by atoms with Crippen molar-refractivity contribution in [3.05, 3.63) is 51.8 Å². The first-order valence-corrected chi connectivity index (χ1v) is 8.99. The Kier molecular flexibility index (Phi) is 4.03. The van der Waals surface area contributed by atoms with E-state index in [0.29, 0.717) is 22.3 Å². The minimum atomic E-state index is -0.506. The summed E-state index contributed by atoms with van der Waals surface area (Å²) in [5, 5.41) is 7.19. The lowest BCUT2D eigenvalue weighted by Gasteiger charge is -2.06. The van der Waals surface area contributed by atoms with Crippen molar-refractivity contribution in [2.24, 2.45) is 5.73 Å². The Labute approximate surface area is 148 Å². The fourth-order valence-electron chi connectivity index (χ4n) is 3.13. The number of nitrogens with one attached hydrogen (secondary N) is 3. The van der Waals surface area contributed by atoms with E-state index >= 15 is 0 Å². The van der Waals surface area contributed by atoms with E-state index < -0.39 is 5.91 Å². The number of carbonyl (C=O) groups excluding carboxylic acids is 2. The van der Waals surface area contributed by atoms with Crippen molar-refractivity contribution >= 4 is 39.7 Å². The first-order chi connectivity index (χ1) is 12.1. The van der Waals surface area contributed by atoms with Gasteiger partial charge in [0.2, 0.25) is 0 Å². The van der Waals surface area contributed by atoms with Gasteiger partial charge in [-0.15, -0.1) is 11.3 Å². The van der Waals surface area contributed by atoms with Crippen molar-refractivity contribution in [3.8, 4) is 0 Å². The van der Waals surface area contributed by atoms with Crippen LogP contribution in [0, 0.1) is 0 Å². The second-order valence-corrected chi connectivity index (χ2v) is 7.27. The molecule has 128 valence electrons. The van der Waals surface area contributed by atoms with Gasteiger partial charge in [0.15, 0.2) is 0 Å². The molecule has 0 radical (unpaired) electrons. The van der Waals surface area contributed by atoms with Gasteiger partial charge >= 0.3 is 0 Å². The van der Waals surface area contributed by atoms with Gasteiger partial charge in [0.1, 0.15) is 5.69 Å². The number of nitrogens with two attached hydrogens (primary N) is 1. The van der Waals surface area contributed by atoms with E-state index in [1.165, 1.54) is 22.6 Å². The number of hydrogen-bond acceptors (Lipinski definition) is 4. The summed E-state index contributed by atoms with van der Waals surface area (Å²) >= 11 is 1.53. The minimum absolute atomic E-state index is 0.126. The highest BCUT2D eigenvalue weighted by molar-refractivity contribution is 7.14. The molecule has 1 aromatic carbocycles. The number of primary amides is 1. The Bertz CT molecular complexity index is 953. The van der Waals surface area contributed by atoms with Crippen molar-refractivity contribution in [2.45, 2.75) is 18.9 Å². The standard InChI is InChI=1S/C18H18N4O2S/c19-17(23)14-9-10-8-11(3-4-12(10)22-14)21-18(24)16-6-5-15(25-16)13-2-1-7-20-13/h3-6,8-9,13,20,22H,1-2,7H2,(H2,19,23)(H,21,24). The molecule has 0 spiro atoms. The Hall–Kier alpha value is -2.64. The first-order valence-electron chi connectivity index (χ1n) is 8.17. The molecule has 7 heteroatoms. The molecular weight excluding hydrogens is 336 g/mol. The van der Waals surface area contributed by atoms with Gasteiger partial charge in [0, 0.05) is 27.5 Å². The zero-order valence-corrected chi connectivity index (χ0v) is 14.3.